The van der Waals surface area contributed by atoms with Crippen LogP contribution < -0.4 is 4.74 Å². The normalized spacial score (nSPS) is 40.6. The van der Waals surface area contributed by atoms with Gasteiger partial charge in [0, 0.05) is 19.3 Å². The zero-order valence-electron chi connectivity index (χ0n) is 25.0. The third-order valence-electron chi connectivity index (χ3n) is 12.2. The minimum atomic E-state index is -0.163. The van der Waals surface area contributed by atoms with Crippen molar-refractivity contribution in [3.05, 3.63) is 41.5 Å². The van der Waals surface area contributed by atoms with E-state index >= 15 is 0 Å². The third kappa shape index (κ3) is 4.79. The molecule has 0 N–H and O–H groups in total. The number of ether oxygens (including phenoxy) is 3. The van der Waals surface area contributed by atoms with Gasteiger partial charge in [0.15, 0.2) is 0 Å². The molecule has 5 nitrogen and oxygen atoms in total. The standard InChI is InChI=1S/C35H48O5/c1-22(36)39-26-17-19-34(2)24(21-26)11-14-28-29-15-16-31(35(29,3)20-18-30(28)34)33(37)40-32-8-6-5-7-27(32)23-9-12-25(38-4)13-10-23/h9-13,26-32H,5-8,14-21H2,1-4H3/t26-,27-,28-,29-,30-,31+,32+,34-,35-/m0/s1. The topological polar surface area (TPSA) is 61.8 Å². The summed E-state index contributed by atoms with van der Waals surface area (Å²) in [4.78, 5) is 25.5. The Bertz CT molecular complexity index is 1140. The largest absolute Gasteiger partial charge is 0.497 e. The van der Waals surface area contributed by atoms with Crippen molar-refractivity contribution in [2.24, 2.45) is 34.5 Å². The average molecular weight is 549 g/mol. The van der Waals surface area contributed by atoms with Gasteiger partial charge in [0.2, 0.25) is 0 Å². The van der Waals surface area contributed by atoms with Crippen LogP contribution in [0.15, 0.2) is 35.9 Å². The van der Waals surface area contributed by atoms with Crippen LogP contribution in [0.4, 0.5) is 0 Å². The van der Waals surface area contributed by atoms with Gasteiger partial charge in [0.05, 0.1) is 13.0 Å². The molecular weight excluding hydrogens is 500 g/mol. The van der Waals surface area contributed by atoms with Crippen molar-refractivity contribution in [1.82, 2.24) is 0 Å². The van der Waals surface area contributed by atoms with Crippen molar-refractivity contribution in [3.63, 3.8) is 0 Å². The van der Waals surface area contributed by atoms with Gasteiger partial charge in [0.25, 0.3) is 0 Å². The lowest BCUT2D eigenvalue weighted by atomic mass is 9.47. The Morgan fingerprint density at radius 3 is 2.40 bits per heavy atom. The predicted molar refractivity (Wildman–Crippen MR) is 155 cm³/mol. The van der Waals surface area contributed by atoms with Crippen molar-refractivity contribution in [1.29, 1.82) is 0 Å². The first-order valence-corrected chi connectivity index (χ1v) is 15.9. The van der Waals surface area contributed by atoms with Crippen LogP contribution in [-0.2, 0) is 19.1 Å². The molecule has 1 aromatic rings. The van der Waals surface area contributed by atoms with Crippen molar-refractivity contribution in [2.75, 3.05) is 7.11 Å². The van der Waals surface area contributed by atoms with Gasteiger partial charge in [-0.3, -0.25) is 9.59 Å². The van der Waals surface area contributed by atoms with Crippen LogP contribution in [0.5, 0.6) is 5.75 Å². The number of carbonyl (C=O) groups excluding carboxylic acids is 2. The summed E-state index contributed by atoms with van der Waals surface area (Å²) in [6, 6.07) is 8.35. The molecule has 0 bridgehead atoms. The quantitative estimate of drug-likeness (QED) is 0.278. The summed E-state index contributed by atoms with van der Waals surface area (Å²) in [5, 5.41) is 0. The monoisotopic (exact) mass is 548 g/mol. The number of fused-ring (bicyclic) bond motifs is 5. The molecule has 6 rings (SSSR count). The summed E-state index contributed by atoms with van der Waals surface area (Å²) < 4.78 is 17.5. The first-order valence-electron chi connectivity index (χ1n) is 15.9. The number of esters is 2. The van der Waals surface area contributed by atoms with Crippen LogP contribution in [0, 0.1) is 34.5 Å². The number of rotatable bonds is 5. The van der Waals surface area contributed by atoms with E-state index < -0.39 is 0 Å². The highest BCUT2D eigenvalue weighted by Gasteiger charge is 2.60. The highest BCUT2D eigenvalue weighted by Crippen LogP contribution is 2.66. The zero-order valence-corrected chi connectivity index (χ0v) is 25.0. The lowest BCUT2D eigenvalue weighted by molar-refractivity contribution is -0.164. The fraction of sp³-hybridized carbons (Fsp3) is 0.714. The molecule has 1 aromatic carbocycles. The Hall–Kier alpha value is -2.30. The van der Waals surface area contributed by atoms with Crippen LogP contribution in [0.25, 0.3) is 0 Å². The molecule has 5 heteroatoms. The molecule has 0 spiro atoms. The molecule has 0 amide bonds. The number of allylic oxidation sites excluding steroid dienone is 1. The molecule has 218 valence electrons. The molecule has 4 fully saturated rings. The van der Waals surface area contributed by atoms with E-state index in [4.69, 9.17) is 14.2 Å². The highest BCUT2D eigenvalue weighted by molar-refractivity contribution is 5.74. The SMILES string of the molecule is COc1ccc([C@@H]2CCCC[C@H]2OC(=O)[C@H]2CC[C@H]3[C@@H]4CC=C5C[C@@H](OC(C)=O)CC[C@]5(C)[C@H]4CC[C@]23C)cc1. The minimum absolute atomic E-state index is 0.00906. The fourth-order valence-electron chi connectivity index (χ4n) is 10.1. The second kappa shape index (κ2) is 10.8. The van der Waals surface area contributed by atoms with Gasteiger partial charge in [-0.25, -0.2) is 0 Å². The molecule has 5 aliphatic rings. The Balaban J connectivity index is 1.16. The lowest BCUT2D eigenvalue weighted by Gasteiger charge is -2.58. The Kier molecular flexibility index (Phi) is 7.54. The summed E-state index contributed by atoms with van der Waals surface area (Å²) in [6.07, 6.45) is 15.3. The van der Waals surface area contributed by atoms with Gasteiger partial charge < -0.3 is 14.2 Å². The van der Waals surface area contributed by atoms with E-state index in [1.54, 1.807) is 7.11 Å². The van der Waals surface area contributed by atoms with E-state index in [0.717, 1.165) is 70.0 Å². The van der Waals surface area contributed by atoms with Crippen molar-refractivity contribution in [2.45, 2.75) is 116 Å². The van der Waals surface area contributed by atoms with Crippen LogP contribution in [0.1, 0.15) is 109 Å². The Labute approximate surface area is 240 Å². The van der Waals surface area contributed by atoms with E-state index in [1.165, 1.54) is 30.9 Å². The van der Waals surface area contributed by atoms with Gasteiger partial charge in [-0.05, 0) is 110 Å². The molecule has 5 aliphatic carbocycles. The Morgan fingerprint density at radius 2 is 1.65 bits per heavy atom. The van der Waals surface area contributed by atoms with Gasteiger partial charge in [-0.15, -0.1) is 0 Å². The van der Waals surface area contributed by atoms with E-state index in [2.05, 4.69) is 32.1 Å². The summed E-state index contributed by atoms with van der Waals surface area (Å²) >= 11 is 0. The molecular formula is C35H48O5. The second-order valence-corrected chi connectivity index (χ2v) is 14.0. The lowest BCUT2D eigenvalue weighted by Crippen LogP contribution is -2.51. The summed E-state index contributed by atoms with van der Waals surface area (Å²) in [5.74, 6) is 2.92. The molecule has 0 unspecified atom stereocenters. The highest BCUT2D eigenvalue weighted by atomic mass is 16.5. The van der Waals surface area contributed by atoms with E-state index in [9.17, 15) is 9.59 Å². The third-order valence-corrected chi connectivity index (χ3v) is 12.2. The smallest absolute Gasteiger partial charge is 0.309 e. The van der Waals surface area contributed by atoms with Crippen LogP contribution in [-0.4, -0.2) is 31.3 Å². The second-order valence-electron chi connectivity index (χ2n) is 14.0. The van der Waals surface area contributed by atoms with E-state index in [1.807, 2.05) is 12.1 Å². The molecule has 0 radical (unpaired) electrons. The van der Waals surface area contributed by atoms with Crippen molar-refractivity contribution in [3.8, 4) is 5.75 Å². The van der Waals surface area contributed by atoms with Crippen LogP contribution >= 0.6 is 0 Å². The number of hydrogen-bond acceptors (Lipinski definition) is 5. The van der Waals surface area contributed by atoms with Gasteiger partial charge in [0.1, 0.15) is 18.0 Å². The van der Waals surface area contributed by atoms with E-state index in [0.29, 0.717) is 17.8 Å². The first kappa shape index (κ1) is 27.8. The maximum Gasteiger partial charge on any atom is 0.309 e. The number of methoxy groups -OCH3 is 1. The van der Waals surface area contributed by atoms with Crippen molar-refractivity contribution < 1.29 is 23.8 Å². The van der Waals surface area contributed by atoms with Crippen LogP contribution in [0.3, 0.4) is 0 Å². The van der Waals surface area contributed by atoms with Gasteiger partial charge >= 0.3 is 11.9 Å². The van der Waals surface area contributed by atoms with Gasteiger partial charge in [-0.1, -0.05) is 44.1 Å². The van der Waals surface area contributed by atoms with Crippen LogP contribution in [0.2, 0.25) is 0 Å². The molecule has 40 heavy (non-hydrogen) atoms. The van der Waals surface area contributed by atoms with Gasteiger partial charge in [-0.2, -0.15) is 0 Å². The maximum absolute atomic E-state index is 13.9. The number of hydrogen-bond donors (Lipinski definition) is 0. The number of benzene rings is 1. The summed E-state index contributed by atoms with van der Waals surface area (Å²) in [6.45, 7) is 6.41. The summed E-state index contributed by atoms with van der Waals surface area (Å²) in [7, 11) is 1.70. The molecule has 9 atom stereocenters. The summed E-state index contributed by atoms with van der Waals surface area (Å²) in [5.41, 5.74) is 3.01. The molecule has 4 saturated carbocycles. The molecule has 0 heterocycles. The number of carbonyl (C=O) groups is 2. The molecule has 0 saturated heterocycles. The maximum atomic E-state index is 13.9. The predicted octanol–water partition coefficient (Wildman–Crippen LogP) is 7.78. The minimum Gasteiger partial charge on any atom is -0.497 e. The average Bonchev–Trinajstić information content (AvgIpc) is 3.31. The van der Waals surface area contributed by atoms with Crippen molar-refractivity contribution >= 4 is 11.9 Å². The van der Waals surface area contributed by atoms with E-state index in [-0.39, 0.29) is 46.8 Å². The Morgan fingerprint density at radius 1 is 0.875 bits per heavy atom. The fourth-order valence-corrected chi connectivity index (χ4v) is 10.1. The molecule has 0 aliphatic heterocycles. The first-order chi connectivity index (χ1) is 19.2. The zero-order chi connectivity index (χ0) is 28.1. The molecule has 0 aromatic heterocycles.